The predicted octanol–water partition coefficient (Wildman–Crippen LogP) is 1.55. The van der Waals surface area contributed by atoms with Crippen molar-refractivity contribution in [3.8, 4) is 0 Å². The van der Waals surface area contributed by atoms with E-state index in [1.807, 2.05) is 13.2 Å². The Balaban J connectivity index is 2.71. The van der Waals surface area contributed by atoms with E-state index >= 15 is 0 Å². The largest absolute Gasteiger partial charge is 0.395 e. The second kappa shape index (κ2) is 6.43. The van der Waals surface area contributed by atoms with Gasteiger partial charge in [-0.3, -0.25) is 9.89 Å². The van der Waals surface area contributed by atoms with Gasteiger partial charge in [-0.1, -0.05) is 20.8 Å². The highest BCUT2D eigenvalue weighted by Gasteiger charge is 2.22. The minimum absolute atomic E-state index is 0.00928. The zero-order valence-electron chi connectivity index (χ0n) is 12.2. The van der Waals surface area contributed by atoms with Crippen molar-refractivity contribution in [2.45, 2.75) is 44.4 Å². The molecule has 108 valence electrons. The van der Waals surface area contributed by atoms with Crippen molar-refractivity contribution < 1.29 is 9.90 Å². The number of aliphatic hydroxyl groups excluding tert-OH is 1. The summed E-state index contributed by atoms with van der Waals surface area (Å²) in [5, 5.41) is 19.0. The highest BCUT2D eigenvalue weighted by molar-refractivity contribution is 7.99. The predicted molar refractivity (Wildman–Crippen MR) is 78.6 cm³/mol. The van der Waals surface area contributed by atoms with Gasteiger partial charge < -0.3 is 10.4 Å². The first-order valence-corrected chi connectivity index (χ1v) is 7.58. The van der Waals surface area contributed by atoms with Gasteiger partial charge in [0, 0.05) is 22.4 Å². The number of carbonyl (C=O) groups is 1. The van der Waals surface area contributed by atoms with Gasteiger partial charge in [-0.05, 0) is 19.2 Å². The highest BCUT2D eigenvalue weighted by Crippen LogP contribution is 2.20. The molecule has 0 radical (unpaired) electrons. The average Bonchev–Trinajstić information content (AvgIpc) is 2.79. The lowest BCUT2D eigenvalue weighted by molar-refractivity contribution is 0.0931. The van der Waals surface area contributed by atoms with E-state index in [1.54, 1.807) is 6.07 Å². The number of rotatable bonds is 5. The van der Waals surface area contributed by atoms with Crippen LogP contribution < -0.4 is 5.32 Å². The molecule has 0 saturated carbocycles. The molecule has 0 aliphatic rings. The van der Waals surface area contributed by atoms with Crippen LogP contribution in [0, 0.1) is 0 Å². The molecule has 5 nitrogen and oxygen atoms in total. The number of nitrogens with zero attached hydrogens (tertiary/aromatic N) is 1. The first-order valence-electron chi connectivity index (χ1n) is 6.30. The number of nitrogens with one attached hydrogen (secondary N) is 2. The SMILES string of the molecule is CS[C@H](CO)[C@@H](C)NC(=O)c1cc(C(C)(C)C)[nH]n1. The van der Waals surface area contributed by atoms with Crippen LogP contribution in [0.2, 0.25) is 0 Å². The monoisotopic (exact) mass is 285 g/mol. The van der Waals surface area contributed by atoms with Crippen molar-refractivity contribution in [3.05, 3.63) is 17.5 Å². The Morgan fingerprint density at radius 2 is 2.21 bits per heavy atom. The molecule has 2 atom stereocenters. The Labute approximate surface area is 118 Å². The van der Waals surface area contributed by atoms with Crippen LogP contribution in [-0.4, -0.2) is 45.4 Å². The van der Waals surface area contributed by atoms with E-state index in [0.29, 0.717) is 5.69 Å². The molecule has 0 fully saturated rings. The Morgan fingerprint density at radius 3 is 2.63 bits per heavy atom. The summed E-state index contributed by atoms with van der Waals surface area (Å²) >= 11 is 1.53. The van der Waals surface area contributed by atoms with Crippen molar-refractivity contribution in [2.75, 3.05) is 12.9 Å². The van der Waals surface area contributed by atoms with Crippen LogP contribution in [0.1, 0.15) is 43.9 Å². The van der Waals surface area contributed by atoms with Crippen LogP contribution in [0.3, 0.4) is 0 Å². The highest BCUT2D eigenvalue weighted by atomic mass is 32.2. The van der Waals surface area contributed by atoms with Gasteiger partial charge >= 0.3 is 0 Å². The molecule has 1 rings (SSSR count). The fraction of sp³-hybridized carbons (Fsp3) is 0.692. The van der Waals surface area contributed by atoms with Gasteiger partial charge in [-0.15, -0.1) is 0 Å². The number of amides is 1. The number of aromatic amines is 1. The van der Waals surface area contributed by atoms with E-state index in [0.717, 1.165) is 5.69 Å². The fourth-order valence-corrected chi connectivity index (χ4v) is 2.26. The second-order valence-corrected chi connectivity index (χ2v) is 6.71. The minimum atomic E-state index is -0.216. The molecule has 0 saturated heterocycles. The maximum atomic E-state index is 12.0. The number of hydrogen-bond donors (Lipinski definition) is 3. The van der Waals surface area contributed by atoms with Crippen LogP contribution in [-0.2, 0) is 5.41 Å². The van der Waals surface area contributed by atoms with Gasteiger partial charge in [-0.25, -0.2) is 0 Å². The van der Waals surface area contributed by atoms with E-state index in [1.165, 1.54) is 11.8 Å². The van der Waals surface area contributed by atoms with Crippen LogP contribution in [0.25, 0.3) is 0 Å². The van der Waals surface area contributed by atoms with Crippen molar-refractivity contribution in [3.63, 3.8) is 0 Å². The summed E-state index contributed by atoms with van der Waals surface area (Å²) in [5.41, 5.74) is 1.24. The molecule has 1 aromatic rings. The number of hydrogen-bond acceptors (Lipinski definition) is 4. The fourth-order valence-electron chi connectivity index (χ4n) is 1.63. The molecular formula is C13H23N3O2S. The third kappa shape index (κ3) is 4.24. The van der Waals surface area contributed by atoms with Gasteiger partial charge in [0.1, 0.15) is 5.69 Å². The Hall–Kier alpha value is -1.01. The quantitative estimate of drug-likeness (QED) is 0.767. The van der Waals surface area contributed by atoms with E-state index in [-0.39, 0.29) is 29.2 Å². The second-order valence-electron chi connectivity index (χ2n) is 5.64. The van der Waals surface area contributed by atoms with E-state index < -0.39 is 0 Å². The lowest BCUT2D eigenvalue weighted by Crippen LogP contribution is -2.41. The van der Waals surface area contributed by atoms with Crippen molar-refractivity contribution in [1.82, 2.24) is 15.5 Å². The first kappa shape index (κ1) is 16.0. The van der Waals surface area contributed by atoms with Crippen LogP contribution >= 0.6 is 11.8 Å². The average molecular weight is 285 g/mol. The third-order valence-corrected chi connectivity index (χ3v) is 4.18. The Morgan fingerprint density at radius 1 is 1.58 bits per heavy atom. The van der Waals surface area contributed by atoms with Gasteiger partial charge in [0.2, 0.25) is 0 Å². The van der Waals surface area contributed by atoms with Gasteiger partial charge in [0.15, 0.2) is 0 Å². The Bertz CT molecular complexity index is 422. The van der Waals surface area contributed by atoms with Gasteiger partial charge in [-0.2, -0.15) is 16.9 Å². The molecule has 0 aliphatic heterocycles. The number of aromatic nitrogens is 2. The van der Waals surface area contributed by atoms with Crippen LogP contribution in [0.15, 0.2) is 6.07 Å². The molecule has 1 aromatic heterocycles. The standard InChI is InChI=1S/C13H23N3O2S/c1-8(10(7-17)19-5)14-12(18)9-6-11(16-15-9)13(2,3)4/h6,8,10,17H,7H2,1-5H3,(H,14,18)(H,15,16)/t8-,10-/m1/s1. The molecule has 19 heavy (non-hydrogen) atoms. The number of thioether (sulfide) groups is 1. The zero-order chi connectivity index (χ0) is 14.6. The van der Waals surface area contributed by atoms with Crippen LogP contribution in [0.4, 0.5) is 0 Å². The Kier molecular flexibility index (Phi) is 5.43. The summed E-state index contributed by atoms with van der Waals surface area (Å²) < 4.78 is 0. The topological polar surface area (TPSA) is 78.0 Å². The molecule has 0 unspecified atom stereocenters. The molecule has 3 N–H and O–H groups in total. The number of H-pyrrole nitrogens is 1. The third-order valence-electron chi connectivity index (χ3n) is 3.02. The van der Waals surface area contributed by atoms with E-state index in [4.69, 9.17) is 0 Å². The summed E-state index contributed by atoms with van der Waals surface area (Å²) in [5.74, 6) is -0.216. The molecule has 1 heterocycles. The minimum Gasteiger partial charge on any atom is -0.395 e. The van der Waals surface area contributed by atoms with E-state index in [9.17, 15) is 9.90 Å². The first-order chi connectivity index (χ1) is 8.79. The van der Waals surface area contributed by atoms with Gasteiger partial charge in [0.25, 0.3) is 5.91 Å². The number of aliphatic hydroxyl groups is 1. The molecule has 1 amide bonds. The summed E-state index contributed by atoms with van der Waals surface area (Å²) in [4.78, 5) is 12.0. The van der Waals surface area contributed by atoms with Crippen molar-refractivity contribution >= 4 is 17.7 Å². The summed E-state index contributed by atoms with van der Waals surface area (Å²) in [7, 11) is 0. The number of carbonyl (C=O) groups excluding carboxylic acids is 1. The normalized spacial score (nSPS) is 15.1. The van der Waals surface area contributed by atoms with E-state index in [2.05, 4.69) is 36.3 Å². The molecule has 0 bridgehead atoms. The zero-order valence-corrected chi connectivity index (χ0v) is 13.0. The molecule has 0 aromatic carbocycles. The molecule has 0 aliphatic carbocycles. The molecular weight excluding hydrogens is 262 g/mol. The smallest absolute Gasteiger partial charge is 0.272 e. The summed E-state index contributed by atoms with van der Waals surface area (Å²) in [6.45, 7) is 8.09. The van der Waals surface area contributed by atoms with Crippen molar-refractivity contribution in [1.29, 1.82) is 0 Å². The molecule has 6 heteroatoms. The maximum Gasteiger partial charge on any atom is 0.272 e. The van der Waals surface area contributed by atoms with Gasteiger partial charge in [0.05, 0.1) is 6.61 Å². The molecule has 0 spiro atoms. The van der Waals surface area contributed by atoms with Crippen molar-refractivity contribution in [2.24, 2.45) is 0 Å². The maximum absolute atomic E-state index is 12.0. The lowest BCUT2D eigenvalue weighted by atomic mass is 9.92. The summed E-state index contributed by atoms with van der Waals surface area (Å²) in [6, 6.07) is 1.66. The summed E-state index contributed by atoms with van der Waals surface area (Å²) in [6.07, 6.45) is 1.91. The van der Waals surface area contributed by atoms with Crippen LogP contribution in [0.5, 0.6) is 0 Å². The lowest BCUT2D eigenvalue weighted by Gasteiger charge is -2.20.